The molecule has 0 unspecified atom stereocenters. The summed E-state index contributed by atoms with van der Waals surface area (Å²) < 4.78 is 19.7. The fourth-order valence-corrected chi connectivity index (χ4v) is 4.46. The minimum atomic E-state index is -0.279. The van der Waals surface area contributed by atoms with Gasteiger partial charge in [0, 0.05) is 37.2 Å². The highest BCUT2D eigenvalue weighted by atomic mass is 32.1. The largest absolute Gasteiger partial charge is 0.459 e. The smallest absolute Gasteiger partial charge is 0.174 e. The summed E-state index contributed by atoms with van der Waals surface area (Å²) >= 11 is 5.77. The van der Waals surface area contributed by atoms with Crippen molar-refractivity contribution in [2.75, 3.05) is 23.9 Å². The molecule has 1 saturated heterocycles. The number of pyridine rings is 1. The fourth-order valence-electron chi connectivity index (χ4n) is 4.11. The van der Waals surface area contributed by atoms with Crippen LogP contribution >= 0.6 is 12.2 Å². The van der Waals surface area contributed by atoms with Crippen molar-refractivity contribution < 1.29 is 8.81 Å². The fraction of sp³-hybridized carbons (Fsp3) is 0.154. The Morgan fingerprint density at radius 1 is 0.970 bits per heavy atom. The van der Waals surface area contributed by atoms with E-state index in [0.29, 0.717) is 10.9 Å². The molecule has 0 radical (unpaired) electrons. The van der Waals surface area contributed by atoms with Gasteiger partial charge in [0.25, 0.3) is 0 Å². The summed E-state index contributed by atoms with van der Waals surface area (Å²) in [7, 11) is 4.02. The van der Waals surface area contributed by atoms with Crippen LogP contribution in [0.15, 0.2) is 89.5 Å². The summed E-state index contributed by atoms with van der Waals surface area (Å²) in [6.45, 7) is 0. The van der Waals surface area contributed by atoms with E-state index in [0.717, 1.165) is 28.4 Å². The minimum Gasteiger partial charge on any atom is -0.459 e. The minimum absolute atomic E-state index is 0.195. The lowest BCUT2D eigenvalue weighted by molar-refractivity contribution is 0.439. The lowest BCUT2D eigenvalue weighted by Gasteiger charge is -2.26. The van der Waals surface area contributed by atoms with Crippen LogP contribution in [0.2, 0.25) is 0 Å². The standard InChI is InChI=1S/C26H23FN4OS/c1-30(2)19-10-12-20(13-11-19)31-25(24(29-26(31)33)21-5-3-4-16-28-21)23-15-14-22(32-23)17-6-8-18(27)9-7-17/h3-16,24-25H,1-2H3,(H,29,33)/t24-,25-/m1/s1. The van der Waals surface area contributed by atoms with Crippen LogP contribution < -0.4 is 15.1 Å². The average Bonchev–Trinajstić information content (AvgIpc) is 3.45. The van der Waals surface area contributed by atoms with E-state index in [1.807, 2.05) is 44.4 Å². The van der Waals surface area contributed by atoms with Crippen LogP contribution in [0, 0.1) is 5.82 Å². The van der Waals surface area contributed by atoms with Crippen molar-refractivity contribution in [2.24, 2.45) is 0 Å². The van der Waals surface area contributed by atoms with Gasteiger partial charge in [-0.3, -0.25) is 4.98 Å². The Bertz CT molecular complexity index is 1260. The molecule has 1 aliphatic heterocycles. The van der Waals surface area contributed by atoms with E-state index in [1.54, 1.807) is 18.3 Å². The third-order valence-corrected chi connectivity index (χ3v) is 6.10. The molecule has 1 aliphatic rings. The summed E-state index contributed by atoms with van der Waals surface area (Å²) in [5.74, 6) is 1.14. The number of rotatable bonds is 5. The van der Waals surface area contributed by atoms with Gasteiger partial charge in [-0.05, 0) is 85.0 Å². The normalized spacial score (nSPS) is 17.8. The molecular formula is C26H23FN4OS. The molecule has 7 heteroatoms. The zero-order valence-electron chi connectivity index (χ0n) is 18.3. The zero-order chi connectivity index (χ0) is 22.9. The molecule has 0 aliphatic carbocycles. The maximum absolute atomic E-state index is 13.4. The first-order valence-corrected chi connectivity index (χ1v) is 11.1. The van der Waals surface area contributed by atoms with Crippen LogP contribution in [0.25, 0.3) is 11.3 Å². The molecule has 1 N–H and O–H groups in total. The lowest BCUT2D eigenvalue weighted by atomic mass is 10.0. The molecule has 2 aromatic heterocycles. The molecule has 0 amide bonds. The third-order valence-electron chi connectivity index (χ3n) is 5.79. The van der Waals surface area contributed by atoms with Crippen molar-refractivity contribution in [3.05, 3.63) is 102 Å². The Labute approximate surface area is 197 Å². The van der Waals surface area contributed by atoms with E-state index in [9.17, 15) is 4.39 Å². The van der Waals surface area contributed by atoms with Gasteiger partial charge >= 0.3 is 0 Å². The molecule has 5 rings (SSSR count). The Balaban J connectivity index is 1.57. The Morgan fingerprint density at radius 3 is 2.39 bits per heavy atom. The molecule has 0 bridgehead atoms. The number of halogens is 1. The number of anilines is 2. The number of thiocarbonyl (C=S) groups is 1. The molecule has 2 aromatic carbocycles. The summed E-state index contributed by atoms with van der Waals surface area (Å²) in [5.41, 5.74) is 3.75. The molecular weight excluding hydrogens is 435 g/mol. The maximum atomic E-state index is 13.4. The van der Waals surface area contributed by atoms with E-state index < -0.39 is 0 Å². The predicted octanol–water partition coefficient (Wildman–Crippen LogP) is 5.72. The number of aromatic nitrogens is 1. The summed E-state index contributed by atoms with van der Waals surface area (Å²) in [6, 6.07) is 23.8. The van der Waals surface area contributed by atoms with Crippen molar-refractivity contribution >= 4 is 28.7 Å². The molecule has 4 aromatic rings. The number of hydrogen-bond acceptors (Lipinski definition) is 4. The van der Waals surface area contributed by atoms with E-state index in [4.69, 9.17) is 16.6 Å². The van der Waals surface area contributed by atoms with Gasteiger partial charge < -0.3 is 19.5 Å². The van der Waals surface area contributed by atoms with Gasteiger partial charge in [-0.25, -0.2) is 4.39 Å². The summed E-state index contributed by atoms with van der Waals surface area (Å²) in [6.07, 6.45) is 1.78. The second-order valence-electron chi connectivity index (χ2n) is 8.12. The van der Waals surface area contributed by atoms with Gasteiger partial charge in [0.2, 0.25) is 0 Å². The van der Waals surface area contributed by atoms with E-state index in [-0.39, 0.29) is 17.9 Å². The van der Waals surface area contributed by atoms with Crippen LogP contribution in [-0.2, 0) is 0 Å². The Kier molecular flexibility index (Phi) is 5.56. The third kappa shape index (κ3) is 4.07. The van der Waals surface area contributed by atoms with Crippen LogP contribution in [0.1, 0.15) is 23.5 Å². The highest BCUT2D eigenvalue weighted by Crippen LogP contribution is 2.43. The van der Waals surface area contributed by atoms with E-state index in [1.165, 1.54) is 12.1 Å². The second kappa shape index (κ2) is 8.67. The lowest BCUT2D eigenvalue weighted by Crippen LogP contribution is -2.29. The summed E-state index contributed by atoms with van der Waals surface area (Å²) in [4.78, 5) is 8.70. The molecule has 166 valence electrons. The van der Waals surface area contributed by atoms with Gasteiger partial charge in [-0.1, -0.05) is 6.07 Å². The van der Waals surface area contributed by atoms with Crippen LogP contribution in [0.5, 0.6) is 0 Å². The molecule has 0 spiro atoms. The highest BCUT2D eigenvalue weighted by Gasteiger charge is 2.42. The Morgan fingerprint density at radius 2 is 1.73 bits per heavy atom. The van der Waals surface area contributed by atoms with Crippen molar-refractivity contribution in [3.8, 4) is 11.3 Å². The quantitative estimate of drug-likeness (QED) is 0.386. The maximum Gasteiger partial charge on any atom is 0.174 e. The van der Waals surface area contributed by atoms with Crippen molar-refractivity contribution in [1.82, 2.24) is 10.3 Å². The molecule has 5 nitrogen and oxygen atoms in total. The summed E-state index contributed by atoms with van der Waals surface area (Å²) in [5, 5.41) is 4.04. The van der Waals surface area contributed by atoms with E-state index in [2.05, 4.69) is 44.4 Å². The number of furan rings is 1. The van der Waals surface area contributed by atoms with Gasteiger partial charge in [0.1, 0.15) is 23.4 Å². The van der Waals surface area contributed by atoms with Crippen LogP contribution in [0.3, 0.4) is 0 Å². The average molecular weight is 459 g/mol. The SMILES string of the molecule is CN(C)c1ccc(N2C(=S)N[C@H](c3ccccn3)[C@H]2c2ccc(-c3ccc(F)cc3)o2)cc1. The number of benzene rings is 2. The topological polar surface area (TPSA) is 44.5 Å². The zero-order valence-corrected chi connectivity index (χ0v) is 19.1. The first-order valence-electron chi connectivity index (χ1n) is 10.6. The molecule has 0 saturated carbocycles. The van der Waals surface area contributed by atoms with Gasteiger partial charge in [-0.15, -0.1) is 0 Å². The van der Waals surface area contributed by atoms with Crippen LogP contribution in [-0.4, -0.2) is 24.2 Å². The molecule has 33 heavy (non-hydrogen) atoms. The molecule has 1 fully saturated rings. The number of hydrogen-bond donors (Lipinski definition) is 1. The molecule has 2 atom stereocenters. The highest BCUT2D eigenvalue weighted by molar-refractivity contribution is 7.80. The second-order valence-corrected chi connectivity index (χ2v) is 8.50. The first-order chi connectivity index (χ1) is 16.0. The van der Waals surface area contributed by atoms with Crippen molar-refractivity contribution in [3.63, 3.8) is 0 Å². The van der Waals surface area contributed by atoms with Gasteiger partial charge in [0.05, 0.1) is 11.7 Å². The van der Waals surface area contributed by atoms with E-state index >= 15 is 0 Å². The number of nitrogens with zero attached hydrogens (tertiary/aromatic N) is 3. The monoisotopic (exact) mass is 458 g/mol. The Hall–Kier alpha value is -3.71. The van der Waals surface area contributed by atoms with Crippen LogP contribution in [0.4, 0.5) is 15.8 Å². The molecule has 3 heterocycles. The predicted molar refractivity (Wildman–Crippen MR) is 133 cm³/mol. The van der Waals surface area contributed by atoms with Crippen molar-refractivity contribution in [1.29, 1.82) is 0 Å². The first kappa shape index (κ1) is 21.2. The van der Waals surface area contributed by atoms with Gasteiger partial charge in [-0.2, -0.15) is 0 Å². The van der Waals surface area contributed by atoms with Gasteiger partial charge in [0.15, 0.2) is 5.11 Å². The van der Waals surface area contributed by atoms with Crippen molar-refractivity contribution in [2.45, 2.75) is 12.1 Å². The number of nitrogens with one attached hydrogen (secondary N) is 1.